The van der Waals surface area contributed by atoms with E-state index in [-0.39, 0.29) is 0 Å². The molecule has 0 amide bonds. The van der Waals surface area contributed by atoms with Crippen LogP contribution in [0.15, 0.2) is 6.07 Å². The van der Waals surface area contributed by atoms with Crippen LogP contribution in [0.1, 0.15) is 6.42 Å². The number of ether oxygens (including phenoxy) is 2. The van der Waals surface area contributed by atoms with E-state index in [1.165, 1.54) is 0 Å². The minimum absolute atomic E-state index is 0.522. The molecule has 1 aromatic rings. The molecule has 1 saturated heterocycles. The van der Waals surface area contributed by atoms with Gasteiger partial charge in [-0.1, -0.05) is 0 Å². The maximum absolute atomic E-state index is 5.81. The Balaban J connectivity index is 2.10. The summed E-state index contributed by atoms with van der Waals surface area (Å²) in [6.07, 6.45) is 1.07. The van der Waals surface area contributed by atoms with Gasteiger partial charge in [0.15, 0.2) is 0 Å². The van der Waals surface area contributed by atoms with E-state index in [0.29, 0.717) is 23.6 Å². The largest absolute Gasteiger partial charge is 0.481 e. The molecule has 0 radical (unpaired) electrons. The minimum atomic E-state index is 0.522. The molecular formula is C13H21ClN4O2. The van der Waals surface area contributed by atoms with Crippen LogP contribution < -0.4 is 14.4 Å². The second-order valence-corrected chi connectivity index (χ2v) is 5.00. The van der Waals surface area contributed by atoms with E-state index in [2.05, 4.69) is 19.8 Å². The molecule has 1 aromatic heterocycles. The van der Waals surface area contributed by atoms with Gasteiger partial charge in [0.1, 0.15) is 0 Å². The average Bonchev–Trinajstić information content (AvgIpc) is 2.73. The number of alkyl halides is 1. The summed E-state index contributed by atoms with van der Waals surface area (Å²) in [7, 11) is 3.19. The molecule has 1 aliphatic heterocycles. The van der Waals surface area contributed by atoms with E-state index in [9.17, 15) is 0 Å². The van der Waals surface area contributed by atoms with Crippen LogP contribution in [0.5, 0.6) is 11.8 Å². The van der Waals surface area contributed by atoms with Crippen molar-refractivity contribution in [2.45, 2.75) is 6.42 Å². The zero-order valence-corrected chi connectivity index (χ0v) is 12.8. The third-order valence-electron chi connectivity index (χ3n) is 3.36. The normalized spacial score (nSPS) is 16.9. The Kier molecular flexibility index (Phi) is 5.67. The predicted octanol–water partition coefficient (Wildman–Crippen LogP) is 1.24. The Bertz CT molecular complexity index is 411. The van der Waals surface area contributed by atoms with Crippen LogP contribution in [0.25, 0.3) is 0 Å². The summed E-state index contributed by atoms with van der Waals surface area (Å²) in [5.74, 6) is 2.38. The number of nitrogens with zero attached hydrogens (tertiary/aromatic N) is 4. The van der Waals surface area contributed by atoms with Crippen LogP contribution in [-0.2, 0) is 0 Å². The molecule has 0 bridgehead atoms. The van der Waals surface area contributed by atoms with E-state index in [1.807, 2.05) is 0 Å². The molecular weight excluding hydrogens is 280 g/mol. The van der Waals surface area contributed by atoms with Crippen molar-refractivity contribution in [3.05, 3.63) is 6.07 Å². The summed E-state index contributed by atoms with van der Waals surface area (Å²) >= 11 is 5.81. The van der Waals surface area contributed by atoms with Crippen LogP contribution in [0, 0.1) is 0 Å². The van der Waals surface area contributed by atoms with Gasteiger partial charge >= 0.3 is 0 Å². The lowest BCUT2D eigenvalue weighted by Crippen LogP contribution is -2.32. The molecule has 112 valence electrons. The van der Waals surface area contributed by atoms with Crippen molar-refractivity contribution >= 4 is 17.5 Å². The maximum Gasteiger partial charge on any atom is 0.232 e. The smallest absolute Gasteiger partial charge is 0.232 e. The summed E-state index contributed by atoms with van der Waals surface area (Å²) in [5.41, 5.74) is 0. The van der Waals surface area contributed by atoms with Crippen molar-refractivity contribution in [3.63, 3.8) is 0 Å². The van der Waals surface area contributed by atoms with E-state index < -0.39 is 0 Å². The van der Waals surface area contributed by atoms with Gasteiger partial charge in [-0.3, -0.25) is 0 Å². The Morgan fingerprint density at radius 1 is 1.10 bits per heavy atom. The Labute approximate surface area is 124 Å². The van der Waals surface area contributed by atoms with E-state index in [1.54, 1.807) is 20.3 Å². The van der Waals surface area contributed by atoms with Gasteiger partial charge in [0.05, 0.1) is 20.3 Å². The fraction of sp³-hybridized carbons (Fsp3) is 0.692. The van der Waals surface area contributed by atoms with Gasteiger partial charge < -0.3 is 19.3 Å². The summed E-state index contributed by atoms with van der Waals surface area (Å²) in [5, 5.41) is 0. The third-order valence-corrected chi connectivity index (χ3v) is 3.53. The Hall–Kier alpha value is -1.27. The standard InChI is InChI=1S/C13H21ClN4O2/c1-19-11-10-12(20-2)16-13(15-11)18-6-3-5-17(7-4-14)8-9-18/h10H,3-9H2,1-2H3. The lowest BCUT2D eigenvalue weighted by molar-refractivity contribution is 0.311. The number of anilines is 1. The topological polar surface area (TPSA) is 50.7 Å². The van der Waals surface area contributed by atoms with E-state index in [4.69, 9.17) is 21.1 Å². The molecule has 0 unspecified atom stereocenters. The lowest BCUT2D eigenvalue weighted by atomic mass is 10.4. The maximum atomic E-state index is 5.81. The number of hydrogen-bond acceptors (Lipinski definition) is 6. The van der Waals surface area contributed by atoms with Crippen LogP contribution in [-0.4, -0.2) is 67.7 Å². The van der Waals surface area contributed by atoms with Gasteiger partial charge in [-0.05, 0) is 13.0 Å². The molecule has 20 heavy (non-hydrogen) atoms. The molecule has 2 rings (SSSR count). The summed E-state index contributed by atoms with van der Waals surface area (Å²) in [6.45, 7) is 4.76. The van der Waals surface area contributed by atoms with Gasteiger partial charge in [-0.25, -0.2) is 0 Å². The zero-order valence-electron chi connectivity index (χ0n) is 12.0. The second-order valence-electron chi connectivity index (χ2n) is 4.62. The first-order valence-electron chi connectivity index (χ1n) is 6.77. The first-order valence-corrected chi connectivity index (χ1v) is 7.30. The molecule has 1 fully saturated rings. The number of aromatic nitrogens is 2. The van der Waals surface area contributed by atoms with Crippen LogP contribution in [0.4, 0.5) is 5.95 Å². The number of hydrogen-bond donors (Lipinski definition) is 0. The molecule has 2 heterocycles. The van der Waals surface area contributed by atoms with Gasteiger partial charge in [0.2, 0.25) is 17.7 Å². The number of rotatable bonds is 5. The SMILES string of the molecule is COc1cc(OC)nc(N2CCCN(CCCl)CC2)n1. The van der Waals surface area contributed by atoms with Gasteiger partial charge in [0.25, 0.3) is 0 Å². The first-order chi connectivity index (χ1) is 9.76. The number of halogens is 1. The molecule has 0 N–H and O–H groups in total. The van der Waals surface area contributed by atoms with E-state index >= 15 is 0 Å². The van der Waals surface area contributed by atoms with Crippen molar-refractivity contribution in [1.82, 2.24) is 14.9 Å². The average molecular weight is 301 g/mol. The molecule has 0 saturated carbocycles. The van der Waals surface area contributed by atoms with Gasteiger partial charge in [0, 0.05) is 32.1 Å². The number of methoxy groups -OCH3 is 2. The molecule has 0 aliphatic carbocycles. The van der Waals surface area contributed by atoms with Crippen molar-refractivity contribution in [2.75, 3.05) is 57.7 Å². The minimum Gasteiger partial charge on any atom is -0.481 e. The molecule has 6 nitrogen and oxygen atoms in total. The Morgan fingerprint density at radius 3 is 2.40 bits per heavy atom. The van der Waals surface area contributed by atoms with Crippen LogP contribution >= 0.6 is 11.6 Å². The third kappa shape index (κ3) is 3.86. The van der Waals surface area contributed by atoms with Gasteiger partial charge in [-0.2, -0.15) is 9.97 Å². The van der Waals surface area contributed by atoms with Crippen molar-refractivity contribution in [1.29, 1.82) is 0 Å². The van der Waals surface area contributed by atoms with Crippen molar-refractivity contribution in [3.8, 4) is 11.8 Å². The fourth-order valence-corrected chi connectivity index (χ4v) is 2.50. The van der Waals surface area contributed by atoms with E-state index in [0.717, 1.165) is 39.1 Å². The fourth-order valence-electron chi connectivity index (χ4n) is 2.26. The highest BCUT2D eigenvalue weighted by molar-refractivity contribution is 6.18. The highest BCUT2D eigenvalue weighted by Gasteiger charge is 2.18. The molecule has 0 spiro atoms. The second kappa shape index (κ2) is 7.50. The molecule has 1 aliphatic rings. The Morgan fingerprint density at radius 2 is 1.80 bits per heavy atom. The first kappa shape index (κ1) is 15.1. The highest BCUT2D eigenvalue weighted by atomic mass is 35.5. The zero-order chi connectivity index (χ0) is 14.4. The quantitative estimate of drug-likeness (QED) is 0.763. The van der Waals surface area contributed by atoms with Crippen molar-refractivity contribution in [2.24, 2.45) is 0 Å². The monoisotopic (exact) mass is 300 g/mol. The molecule has 0 aromatic carbocycles. The predicted molar refractivity (Wildman–Crippen MR) is 79.1 cm³/mol. The van der Waals surface area contributed by atoms with Gasteiger partial charge in [-0.15, -0.1) is 11.6 Å². The lowest BCUT2D eigenvalue weighted by Gasteiger charge is -2.21. The van der Waals surface area contributed by atoms with Crippen LogP contribution in [0.2, 0.25) is 0 Å². The molecule has 7 heteroatoms. The highest BCUT2D eigenvalue weighted by Crippen LogP contribution is 2.21. The summed E-state index contributed by atoms with van der Waals surface area (Å²) in [4.78, 5) is 13.3. The van der Waals surface area contributed by atoms with Crippen molar-refractivity contribution < 1.29 is 9.47 Å². The van der Waals surface area contributed by atoms with Crippen LogP contribution in [0.3, 0.4) is 0 Å². The molecule has 0 atom stereocenters. The summed E-state index contributed by atoms with van der Waals surface area (Å²) in [6, 6.07) is 1.68. The summed E-state index contributed by atoms with van der Waals surface area (Å²) < 4.78 is 10.4.